The van der Waals surface area contributed by atoms with Crippen molar-refractivity contribution in [2.75, 3.05) is 20.2 Å². The van der Waals surface area contributed by atoms with E-state index in [1.807, 2.05) is 12.1 Å². The van der Waals surface area contributed by atoms with Crippen molar-refractivity contribution in [2.24, 2.45) is 11.7 Å². The molecule has 11 N–H and O–H groups in total. The Morgan fingerprint density at radius 1 is 0.700 bits per heavy atom. The first kappa shape index (κ1) is 50.3. The number of benzene rings is 2. The van der Waals surface area contributed by atoms with Crippen molar-refractivity contribution in [1.29, 1.82) is 0 Å². The maximum atomic E-state index is 13.3. The second-order valence-electron chi connectivity index (χ2n) is 14.9. The molecule has 2 aromatic carbocycles. The number of carbonyl (C=O) groups is 8. The molecule has 0 saturated carbocycles. The molecule has 0 aromatic heterocycles. The summed E-state index contributed by atoms with van der Waals surface area (Å²) in [5, 5.41) is 42.6. The average Bonchev–Trinajstić information content (AvgIpc) is 3.20. The summed E-state index contributed by atoms with van der Waals surface area (Å²) in [6, 6.07) is 8.37. The Morgan fingerprint density at radius 3 is 1.75 bits per heavy atom. The summed E-state index contributed by atoms with van der Waals surface area (Å²) in [4.78, 5) is 103. The van der Waals surface area contributed by atoms with Crippen LogP contribution in [0, 0.1) is 5.92 Å². The standard InChI is InChI=1S/C40H59BN8O11/c1-8-9-10-26-11-13-27(14-12-26)28-15-17-29(18-16-28)37(55)48-31(21-50)39(57)44-23(4)35(53)43-20-33(52)49(7)34(22(2)3)40(58)45-24(5)36(54)47-30(19-32(42)51)38(56)46-25(6)41(59)60/h11-18,22-25,30-31,34,50,59-60H,8-10,19-21H2,1-7H3,(H2,42,51)(H,43,53)(H,44,57)(H,45,58)(H,46,56)(H,47,54)(H,48,55)/t23-,24+,25+,30+,31-,34+/m1/s1. The lowest BCUT2D eigenvalue weighted by molar-refractivity contribution is -0.142. The third-order valence-electron chi connectivity index (χ3n) is 9.54. The molecule has 0 saturated heterocycles. The molecule has 0 bridgehead atoms. The highest BCUT2D eigenvalue weighted by Crippen LogP contribution is 2.21. The van der Waals surface area contributed by atoms with Crippen LogP contribution in [0.15, 0.2) is 48.5 Å². The molecule has 0 aliphatic carbocycles. The summed E-state index contributed by atoms with van der Waals surface area (Å²) in [5.41, 5.74) is 8.56. The number of likely N-dealkylation sites (N-methyl/N-ethyl adjacent to an activating group) is 1. The Labute approximate surface area is 350 Å². The van der Waals surface area contributed by atoms with Crippen molar-refractivity contribution >= 4 is 54.4 Å². The molecular weight excluding hydrogens is 779 g/mol. The Balaban J connectivity index is 1.94. The van der Waals surface area contributed by atoms with E-state index in [9.17, 15) is 53.5 Å². The summed E-state index contributed by atoms with van der Waals surface area (Å²) >= 11 is 0. The highest BCUT2D eigenvalue weighted by Gasteiger charge is 2.34. The molecule has 19 nitrogen and oxygen atoms in total. The first-order valence-corrected chi connectivity index (χ1v) is 19.7. The van der Waals surface area contributed by atoms with E-state index < -0.39 is 116 Å². The van der Waals surface area contributed by atoms with Gasteiger partial charge in [0, 0.05) is 12.6 Å². The van der Waals surface area contributed by atoms with Gasteiger partial charge in [-0.15, -0.1) is 0 Å². The molecule has 0 fully saturated rings. The zero-order valence-electron chi connectivity index (χ0n) is 35.1. The van der Waals surface area contributed by atoms with Gasteiger partial charge in [-0.3, -0.25) is 38.4 Å². The number of aliphatic hydroxyl groups is 1. The topological polar surface area (TPSA) is 299 Å². The number of amides is 8. The normalized spacial score (nSPS) is 13.9. The van der Waals surface area contributed by atoms with Gasteiger partial charge in [-0.2, -0.15) is 0 Å². The van der Waals surface area contributed by atoms with E-state index in [0.29, 0.717) is 0 Å². The number of hydrogen-bond donors (Lipinski definition) is 10. The minimum Gasteiger partial charge on any atom is -0.426 e. The number of aliphatic hydroxyl groups excluding tert-OH is 1. The highest BCUT2D eigenvalue weighted by molar-refractivity contribution is 6.43. The van der Waals surface area contributed by atoms with Crippen LogP contribution in [0.4, 0.5) is 0 Å². The van der Waals surface area contributed by atoms with Gasteiger partial charge in [-0.25, -0.2) is 0 Å². The van der Waals surface area contributed by atoms with Crippen LogP contribution in [0.1, 0.15) is 76.7 Å². The summed E-state index contributed by atoms with van der Waals surface area (Å²) in [5.74, 6) is -8.14. The van der Waals surface area contributed by atoms with E-state index in [2.05, 4.69) is 51.0 Å². The van der Waals surface area contributed by atoms with Crippen molar-refractivity contribution < 1.29 is 53.5 Å². The number of unbranched alkanes of at least 4 members (excludes halogenated alkanes) is 1. The minimum atomic E-state index is -1.92. The molecule has 6 atom stereocenters. The Kier molecular flexibility index (Phi) is 20.4. The van der Waals surface area contributed by atoms with Gasteiger partial charge in [0.2, 0.25) is 41.4 Å². The molecule has 0 heterocycles. The van der Waals surface area contributed by atoms with Crippen LogP contribution in [0.2, 0.25) is 0 Å². The Bertz CT molecular complexity index is 1810. The number of hydrogen-bond acceptors (Lipinski definition) is 11. The first-order valence-electron chi connectivity index (χ1n) is 19.7. The molecule has 2 rings (SSSR count). The molecular formula is C40H59BN8O11. The van der Waals surface area contributed by atoms with Gasteiger partial charge in [0.25, 0.3) is 5.91 Å². The number of carbonyl (C=O) groups excluding carboxylic acids is 8. The predicted molar refractivity (Wildman–Crippen MR) is 222 cm³/mol. The number of nitrogens with zero attached hydrogens (tertiary/aromatic N) is 1. The van der Waals surface area contributed by atoms with E-state index in [1.165, 1.54) is 33.4 Å². The van der Waals surface area contributed by atoms with Crippen molar-refractivity contribution in [3.05, 3.63) is 59.7 Å². The minimum absolute atomic E-state index is 0.245. The van der Waals surface area contributed by atoms with Crippen LogP contribution in [-0.4, -0.2) is 131 Å². The second-order valence-corrected chi connectivity index (χ2v) is 14.9. The number of nitrogens with two attached hydrogens (primary N) is 1. The maximum Gasteiger partial charge on any atom is 0.475 e. The van der Waals surface area contributed by atoms with Gasteiger partial charge in [0.05, 0.1) is 25.5 Å². The third-order valence-corrected chi connectivity index (χ3v) is 9.54. The van der Waals surface area contributed by atoms with E-state index in [1.54, 1.807) is 38.1 Å². The molecule has 60 heavy (non-hydrogen) atoms. The van der Waals surface area contributed by atoms with E-state index in [4.69, 9.17) is 5.73 Å². The van der Waals surface area contributed by atoms with Crippen LogP contribution in [0.25, 0.3) is 11.1 Å². The number of nitrogens with one attached hydrogen (secondary N) is 6. The maximum absolute atomic E-state index is 13.3. The summed E-state index contributed by atoms with van der Waals surface area (Å²) in [6.45, 7) is 7.95. The molecule has 0 spiro atoms. The second kappa shape index (κ2) is 24.3. The summed E-state index contributed by atoms with van der Waals surface area (Å²) < 4.78 is 0. The summed E-state index contributed by atoms with van der Waals surface area (Å²) in [7, 11) is -0.611. The lowest BCUT2D eigenvalue weighted by atomic mass is 9.81. The van der Waals surface area contributed by atoms with Crippen molar-refractivity contribution in [3.63, 3.8) is 0 Å². The van der Waals surface area contributed by atoms with Crippen LogP contribution < -0.4 is 37.6 Å². The van der Waals surface area contributed by atoms with Gasteiger partial charge in [0.15, 0.2) is 0 Å². The molecule has 0 aliphatic rings. The van der Waals surface area contributed by atoms with Gasteiger partial charge >= 0.3 is 7.12 Å². The molecule has 2 aromatic rings. The SMILES string of the molecule is CCCCc1ccc(-c2ccc(C(=O)N[C@H](CO)C(=O)N[C@H](C)C(=O)NCC(=O)N(C)[C@H](C(=O)N[C@@H](C)C(=O)N[C@@H](CC(N)=O)C(=O)N[C@@H](C)B(O)O)C(C)C)cc2)cc1. The molecule has 0 radical (unpaired) electrons. The largest absolute Gasteiger partial charge is 0.475 e. The van der Waals surface area contributed by atoms with Crippen LogP contribution in [0.3, 0.4) is 0 Å². The first-order chi connectivity index (χ1) is 28.2. The average molecular weight is 839 g/mol. The molecule has 20 heteroatoms. The Hall–Kier alpha value is -5.86. The van der Waals surface area contributed by atoms with Crippen molar-refractivity contribution in [3.8, 4) is 11.1 Å². The fourth-order valence-corrected chi connectivity index (χ4v) is 5.87. The zero-order chi connectivity index (χ0) is 45.3. The van der Waals surface area contributed by atoms with Gasteiger partial charge < -0.3 is 57.7 Å². The molecule has 0 aliphatic heterocycles. The highest BCUT2D eigenvalue weighted by atomic mass is 16.4. The lowest BCUT2D eigenvalue weighted by Crippen LogP contribution is -2.59. The van der Waals surface area contributed by atoms with E-state index >= 15 is 0 Å². The molecule has 8 amide bonds. The smallest absolute Gasteiger partial charge is 0.426 e. The fourth-order valence-electron chi connectivity index (χ4n) is 5.87. The quantitative estimate of drug-likeness (QED) is 0.0562. The third kappa shape index (κ3) is 15.7. The van der Waals surface area contributed by atoms with Crippen LogP contribution >= 0.6 is 0 Å². The fraction of sp³-hybridized carbons (Fsp3) is 0.500. The summed E-state index contributed by atoms with van der Waals surface area (Å²) in [6.07, 6.45) is 2.59. The van der Waals surface area contributed by atoms with Gasteiger partial charge in [-0.05, 0) is 68.4 Å². The van der Waals surface area contributed by atoms with Gasteiger partial charge in [-0.1, -0.05) is 63.6 Å². The number of rotatable bonds is 23. The Morgan fingerprint density at radius 2 is 1.23 bits per heavy atom. The van der Waals surface area contributed by atoms with Crippen molar-refractivity contribution in [1.82, 2.24) is 36.8 Å². The van der Waals surface area contributed by atoms with Crippen molar-refractivity contribution in [2.45, 2.75) is 103 Å². The van der Waals surface area contributed by atoms with E-state index in [-0.39, 0.29) is 5.56 Å². The molecule has 328 valence electrons. The number of primary amides is 1. The predicted octanol–water partition coefficient (Wildman–Crippen LogP) is -1.73. The lowest BCUT2D eigenvalue weighted by Gasteiger charge is -2.31. The molecule has 0 unspecified atom stereocenters. The van der Waals surface area contributed by atoms with E-state index in [0.717, 1.165) is 35.3 Å². The zero-order valence-corrected chi connectivity index (χ0v) is 35.1. The van der Waals surface area contributed by atoms with Crippen LogP contribution in [-0.2, 0) is 40.0 Å². The monoisotopic (exact) mass is 838 g/mol. The number of aryl methyl sites for hydroxylation is 1. The van der Waals surface area contributed by atoms with Crippen LogP contribution in [0.5, 0.6) is 0 Å². The van der Waals surface area contributed by atoms with Gasteiger partial charge in [0.1, 0.15) is 30.2 Å².